The first-order valence-corrected chi connectivity index (χ1v) is 8.06. The van der Waals surface area contributed by atoms with E-state index in [1.165, 1.54) is 0 Å². The summed E-state index contributed by atoms with van der Waals surface area (Å²) in [6.07, 6.45) is 4.72. The topological polar surface area (TPSA) is 44.2 Å². The average Bonchev–Trinajstić information content (AvgIpc) is 2.54. The highest BCUT2D eigenvalue weighted by Gasteiger charge is 2.02. The summed E-state index contributed by atoms with van der Waals surface area (Å²) in [6, 6.07) is 9.55. The van der Waals surface area contributed by atoms with E-state index in [-0.39, 0.29) is 6.10 Å². The van der Waals surface area contributed by atoms with Gasteiger partial charge in [-0.05, 0) is 43.7 Å². The quantitative estimate of drug-likeness (QED) is 0.421. The number of rotatable bonds is 8. The molecule has 0 saturated carbocycles. The second-order valence-electron chi connectivity index (χ2n) is 4.54. The predicted molar refractivity (Wildman–Crippen MR) is 85.1 cm³/mol. The van der Waals surface area contributed by atoms with Crippen LogP contribution in [0, 0.1) is 0 Å². The SMILES string of the molecule is CCC(C)Oc1ccc(OCCSc2ncccn2)cc1. The Labute approximate surface area is 129 Å². The second-order valence-corrected chi connectivity index (χ2v) is 5.60. The van der Waals surface area contributed by atoms with E-state index >= 15 is 0 Å². The third kappa shape index (κ3) is 5.63. The molecule has 2 rings (SSSR count). The highest BCUT2D eigenvalue weighted by Crippen LogP contribution is 2.19. The Morgan fingerprint density at radius 2 is 1.76 bits per heavy atom. The summed E-state index contributed by atoms with van der Waals surface area (Å²) >= 11 is 1.58. The fourth-order valence-electron chi connectivity index (χ4n) is 1.58. The Morgan fingerprint density at radius 1 is 1.10 bits per heavy atom. The molecular weight excluding hydrogens is 284 g/mol. The zero-order valence-electron chi connectivity index (χ0n) is 12.4. The third-order valence-corrected chi connectivity index (χ3v) is 3.70. The summed E-state index contributed by atoms with van der Waals surface area (Å²) in [6.45, 7) is 4.79. The van der Waals surface area contributed by atoms with Crippen molar-refractivity contribution in [3.05, 3.63) is 42.7 Å². The minimum Gasteiger partial charge on any atom is -0.493 e. The number of ether oxygens (including phenoxy) is 2. The predicted octanol–water partition coefficient (Wildman–Crippen LogP) is 3.83. The van der Waals surface area contributed by atoms with Crippen LogP contribution in [0.15, 0.2) is 47.9 Å². The van der Waals surface area contributed by atoms with Crippen LogP contribution in [0.3, 0.4) is 0 Å². The maximum atomic E-state index is 5.73. The molecule has 1 aromatic carbocycles. The van der Waals surface area contributed by atoms with Gasteiger partial charge in [0.1, 0.15) is 11.5 Å². The number of benzene rings is 1. The molecule has 112 valence electrons. The lowest BCUT2D eigenvalue weighted by Crippen LogP contribution is -2.09. The summed E-state index contributed by atoms with van der Waals surface area (Å²) in [5.41, 5.74) is 0. The van der Waals surface area contributed by atoms with Crippen molar-refractivity contribution in [3.63, 3.8) is 0 Å². The first kappa shape index (κ1) is 15.6. The molecule has 0 saturated heterocycles. The molecule has 0 aliphatic heterocycles. The molecule has 1 unspecified atom stereocenters. The van der Waals surface area contributed by atoms with Gasteiger partial charge in [-0.25, -0.2) is 9.97 Å². The van der Waals surface area contributed by atoms with Gasteiger partial charge in [0.2, 0.25) is 0 Å². The molecule has 0 amide bonds. The van der Waals surface area contributed by atoms with E-state index in [4.69, 9.17) is 9.47 Å². The molecule has 4 nitrogen and oxygen atoms in total. The molecule has 0 radical (unpaired) electrons. The van der Waals surface area contributed by atoms with E-state index in [9.17, 15) is 0 Å². The molecule has 5 heteroatoms. The molecule has 1 atom stereocenters. The first-order chi connectivity index (χ1) is 10.3. The van der Waals surface area contributed by atoms with Gasteiger partial charge in [-0.1, -0.05) is 18.7 Å². The van der Waals surface area contributed by atoms with Gasteiger partial charge in [0.25, 0.3) is 0 Å². The van der Waals surface area contributed by atoms with E-state index < -0.39 is 0 Å². The molecule has 0 N–H and O–H groups in total. The Morgan fingerprint density at radius 3 is 2.43 bits per heavy atom. The van der Waals surface area contributed by atoms with Crippen LogP contribution < -0.4 is 9.47 Å². The van der Waals surface area contributed by atoms with Crippen LogP contribution in [0.25, 0.3) is 0 Å². The van der Waals surface area contributed by atoms with Crippen molar-refractivity contribution in [2.75, 3.05) is 12.4 Å². The van der Waals surface area contributed by atoms with Gasteiger partial charge in [-0.3, -0.25) is 0 Å². The molecular formula is C16H20N2O2S. The van der Waals surface area contributed by atoms with Crippen molar-refractivity contribution in [1.29, 1.82) is 0 Å². The third-order valence-electron chi connectivity index (χ3n) is 2.86. The molecule has 2 aromatic rings. The number of nitrogens with zero attached hydrogens (tertiary/aromatic N) is 2. The van der Waals surface area contributed by atoms with E-state index in [2.05, 4.69) is 23.8 Å². The van der Waals surface area contributed by atoms with Crippen molar-refractivity contribution in [1.82, 2.24) is 9.97 Å². The monoisotopic (exact) mass is 304 g/mol. The van der Waals surface area contributed by atoms with Gasteiger partial charge in [0, 0.05) is 18.1 Å². The molecule has 0 aliphatic carbocycles. The number of aromatic nitrogens is 2. The normalized spacial score (nSPS) is 11.9. The second kappa shape index (κ2) is 8.52. The maximum absolute atomic E-state index is 5.73. The number of hydrogen-bond acceptors (Lipinski definition) is 5. The lowest BCUT2D eigenvalue weighted by Gasteiger charge is -2.13. The Kier molecular flexibility index (Phi) is 6.34. The summed E-state index contributed by atoms with van der Waals surface area (Å²) in [5.74, 6) is 2.54. The molecule has 0 bridgehead atoms. The fraction of sp³-hybridized carbons (Fsp3) is 0.375. The highest BCUT2D eigenvalue weighted by atomic mass is 32.2. The van der Waals surface area contributed by atoms with Crippen molar-refractivity contribution in [2.24, 2.45) is 0 Å². The van der Waals surface area contributed by atoms with Gasteiger partial charge in [0.05, 0.1) is 12.7 Å². The Bertz CT molecular complexity index is 520. The lowest BCUT2D eigenvalue weighted by molar-refractivity contribution is 0.217. The zero-order chi connectivity index (χ0) is 14.9. The van der Waals surface area contributed by atoms with Crippen molar-refractivity contribution in [2.45, 2.75) is 31.5 Å². The van der Waals surface area contributed by atoms with Crippen molar-refractivity contribution < 1.29 is 9.47 Å². The van der Waals surface area contributed by atoms with E-state index in [1.54, 1.807) is 24.2 Å². The largest absolute Gasteiger partial charge is 0.493 e. The first-order valence-electron chi connectivity index (χ1n) is 7.07. The summed E-state index contributed by atoms with van der Waals surface area (Å²) in [7, 11) is 0. The van der Waals surface area contributed by atoms with Crippen LogP contribution in [0.4, 0.5) is 0 Å². The highest BCUT2D eigenvalue weighted by molar-refractivity contribution is 7.99. The fourth-order valence-corrected chi connectivity index (χ4v) is 2.20. The zero-order valence-corrected chi connectivity index (χ0v) is 13.2. The summed E-state index contributed by atoms with van der Waals surface area (Å²) < 4.78 is 11.4. The summed E-state index contributed by atoms with van der Waals surface area (Å²) in [5, 5.41) is 0.776. The molecule has 1 heterocycles. The van der Waals surface area contributed by atoms with Crippen LogP contribution in [0.1, 0.15) is 20.3 Å². The molecule has 21 heavy (non-hydrogen) atoms. The smallest absolute Gasteiger partial charge is 0.187 e. The van der Waals surface area contributed by atoms with Crippen LogP contribution in [0.5, 0.6) is 11.5 Å². The van der Waals surface area contributed by atoms with Crippen molar-refractivity contribution in [3.8, 4) is 11.5 Å². The minimum absolute atomic E-state index is 0.235. The van der Waals surface area contributed by atoms with Crippen LogP contribution in [-0.2, 0) is 0 Å². The minimum atomic E-state index is 0.235. The van der Waals surface area contributed by atoms with Gasteiger partial charge >= 0.3 is 0 Å². The average molecular weight is 304 g/mol. The Balaban J connectivity index is 1.71. The summed E-state index contributed by atoms with van der Waals surface area (Å²) in [4.78, 5) is 8.30. The van der Waals surface area contributed by atoms with Gasteiger partial charge < -0.3 is 9.47 Å². The van der Waals surface area contributed by atoms with E-state index in [0.29, 0.717) is 6.61 Å². The molecule has 0 spiro atoms. The molecule has 0 fully saturated rings. The standard InChI is InChI=1S/C16H20N2O2S/c1-3-13(2)20-15-7-5-14(6-8-15)19-11-12-21-16-17-9-4-10-18-16/h4-10,13H,3,11-12H2,1-2H3. The van der Waals surface area contributed by atoms with E-state index in [1.807, 2.05) is 30.3 Å². The number of thioether (sulfide) groups is 1. The van der Waals surface area contributed by atoms with Crippen LogP contribution >= 0.6 is 11.8 Å². The van der Waals surface area contributed by atoms with Gasteiger partial charge in [0.15, 0.2) is 5.16 Å². The van der Waals surface area contributed by atoms with Crippen LogP contribution in [-0.4, -0.2) is 28.4 Å². The molecule has 0 aliphatic rings. The Hall–Kier alpha value is -1.75. The maximum Gasteiger partial charge on any atom is 0.187 e. The van der Waals surface area contributed by atoms with Gasteiger partial charge in [-0.2, -0.15) is 0 Å². The number of hydrogen-bond donors (Lipinski definition) is 0. The van der Waals surface area contributed by atoms with Crippen LogP contribution in [0.2, 0.25) is 0 Å². The van der Waals surface area contributed by atoms with Crippen molar-refractivity contribution >= 4 is 11.8 Å². The van der Waals surface area contributed by atoms with Gasteiger partial charge in [-0.15, -0.1) is 0 Å². The lowest BCUT2D eigenvalue weighted by atomic mass is 10.3. The van der Waals surface area contributed by atoms with E-state index in [0.717, 1.165) is 28.8 Å². The molecule has 1 aromatic heterocycles.